The van der Waals surface area contributed by atoms with E-state index in [4.69, 9.17) is 0 Å². The Bertz CT molecular complexity index is 192. The van der Waals surface area contributed by atoms with Crippen molar-refractivity contribution in [3.63, 3.8) is 0 Å². The molecule has 13 heavy (non-hydrogen) atoms. The Kier molecular flexibility index (Phi) is 2.98. The molecule has 2 amide bonds. The molecule has 2 heterocycles. The Labute approximate surface area is 83.2 Å². The van der Waals surface area contributed by atoms with Crippen molar-refractivity contribution in [2.45, 2.75) is 12.8 Å². The summed E-state index contributed by atoms with van der Waals surface area (Å²) in [6, 6.07) is 0.142. The molecule has 2 aliphatic heterocycles. The van der Waals surface area contributed by atoms with Crippen LogP contribution in [-0.2, 0) is 0 Å². The lowest BCUT2D eigenvalue weighted by molar-refractivity contribution is 0.178. The van der Waals surface area contributed by atoms with Crippen molar-refractivity contribution in [3.05, 3.63) is 0 Å². The number of nitrogens with one attached hydrogen (secondary N) is 1. The van der Waals surface area contributed by atoms with Crippen LogP contribution < -0.4 is 5.32 Å². The molecule has 0 aromatic carbocycles. The van der Waals surface area contributed by atoms with Gasteiger partial charge in [0.1, 0.15) is 0 Å². The van der Waals surface area contributed by atoms with Crippen molar-refractivity contribution in [1.29, 1.82) is 0 Å². The highest BCUT2D eigenvalue weighted by Gasteiger charge is 2.23. The number of nitrogens with zero attached hydrogens (tertiary/aromatic N) is 1. The van der Waals surface area contributed by atoms with Gasteiger partial charge in [0.25, 0.3) is 0 Å². The van der Waals surface area contributed by atoms with E-state index in [-0.39, 0.29) is 6.03 Å². The summed E-state index contributed by atoms with van der Waals surface area (Å²) in [4.78, 5) is 13.4. The summed E-state index contributed by atoms with van der Waals surface area (Å²) in [7, 11) is 0. The Morgan fingerprint density at radius 2 is 2.54 bits per heavy atom. The molecule has 2 aliphatic rings. The van der Waals surface area contributed by atoms with Crippen molar-refractivity contribution in [3.8, 4) is 0 Å². The largest absolute Gasteiger partial charge is 0.338 e. The first kappa shape index (κ1) is 9.19. The maximum Gasteiger partial charge on any atom is 0.317 e. The van der Waals surface area contributed by atoms with E-state index >= 15 is 0 Å². The van der Waals surface area contributed by atoms with Crippen molar-refractivity contribution < 1.29 is 4.79 Å². The smallest absolute Gasteiger partial charge is 0.317 e. The van der Waals surface area contributed by atoms with Crippen LogP contribution in [0.3, 0.4) is 0 Å². The lowest BCUT2D eigenvalue weighted by Gasteiger charge is -2.29. The van der Waals surface area contributed by atoms with Gasteiger partial charge in [-0.25, -0.2) is 4.79 Å². The molecule has 4 heteroatoms. The van der Waals surface area contributed by atoms with Gasteiger partial charge in [-0.05, 0) is 30.3 Å². The first-order valence-electron chi connectivity index (χ1n) is 4.97. The SMILES string of the molecule is O=C1NCCCN1CC1CCSC1. The monoisotopic (exact) mass is 200 g/mol. The van der Waals surface area contributed by atoms with E-state index in [2.05, 4.69) is 5.32 Å². The van der Waals surface area contributed by atoms with Crippen molar-refractivity contribution in [2.24, 2.45) is 5.92 Å². The summed E-state index contributed by atoms with van der Waals surface area (Å²) in [5.74, 6) is 3.26. The number of hydrogen-bond acceptors (Lipinski definition) is 2. The highest BCUT2D eigenvalue weighted by atomic mass is 32.2. The van der Waals surface area contributed by atoms with Gasteiger partial charge >= 0.3 is 6.03 Å². The predicted molar refractivity (Wildman–Crippen MR) is 55.0 cm³/mol. The fourth-order valence-corrected chi connectivity index (χ4v) is 3.16. The average molecular weight is 200 g/mol. The van der Waals surface area contributed by atoms with Gasteiger partial charge in [0, 0.05) is 19.6 Å². The first-order valence-corrected chi connectivity index (χ1v) is 6.12. The molecule has 1 atom stereocenters. The molecule has 0 aromatic heterocycles. The number of thioether (sulfide) groups is 1. The van der Waals surface area contributed by atoms with Crippen LogP contribution in [0.15, 0.2) is 0 Å². The molecule has 0 radical (unpaired) electrons. The lowest BCUT2D eigenvalue weighted by atomic mass is 10.1. The molecular weight excluding hydrogens is 184 g/mol. The maximum absolute atomic E-state index is 11.4. The Morgan fingerprint density at radius 3 is 3.23 bits per heavy atom. The van der Waals surface area contributed by atoms with Crippen LogP contribution in [0.25, 0.3) is 0 Å². The van der Waals surface area contributed by atoms with Crippen LogP contribution in [0.4, 0.5) is 4.79 Å². The van der Waals surface area contributed by atoms with Gasteiger partial charge in [0.2, 0.25) is 0 Å². The average Bonchev–Trinajstić information content (AvgIpc) is 2.61. The fraction of sp³-hybridized carbons (Fsp3) is 0.889. The number of rotatable bonds is 2. The third kappa shape index (κ3) is 2.30. The highest BCUT2D eigenvalue weighted by Crippen LogP contribution is 2.24. The van der Waals surface area contributed by atoms with Crippen LogP contribution in [0, 0.1) is 5.92 Å². The highest BCUT2D eigenvalue weighted by molar-refractivity contribution is 7.99. The summed E-state index contributed by atoms with van der Waals surface area (Å²) >= 11 is 2.01. The Morgan fingerprint density at radius 1 is 1.62 bits per heavy atom. The second kappa shape index (κ2) is 4.22. The zero-order chi connectivity index (χ0) is 9.10. The van der Waals surface area contributed by atoms with Gasteiger partial charge in [-0.15, -0.1) is 0 Å². The summed E-state index contributed by atoms with van der Waals surface area (Å²) in [6.07, 6.45) is 2.39. The normalized spacial score (nSPS) is 29.1. The maximum atomic E-state index is 11.4. The van der Waals surface area contributed by atoms with Gasteiger partial charge in [0.15, 0.2) is 0 Å². The summed E-state index contributed by atoms with van der Waals surface area (Å²) in [5, 5.41) is 2.89. The van der Waals surface area contributed by atoms with Crippen LogP contribution in [0.5, 0.6) is 0 Å². The molecule has 3 nitrogen and oxygen atoms in total. The number of hydrogen-bond donors (Lipinski definition) is 1. The standard InChI is InChI=1S/C9H16N2OS/c12-9-10-3-1-4-11(9)6-8-2-5-13-7-8/h8H,1-7H2,(H,10,12). The van der Waals surface area contributed by atoms with E-state index in [0.29, 0.717) is 0 Å². The van der Waals surface area contributed by atoms with Crippen molar-refractivity contribution in [2.75, 3.05) is 31.1 Å². The summed E-state index contributed by atoms with van der Waals surface area (Å²) in [5.41, 5.74) is 0. The van der Waals surface area contributed by atoms with E-state index in [1.807, 2.05) is 16.7 Å². The minimum absolute atomic E-state index is 0.142. The molecule has 2 rings (SSSR count). The lowest BCUT2D eigenvalue weighted by Crippen LogP contribution is -2.48. The van der Waals surface area contributed by atoms with E-state index < -0.39 is 0 Å². The molecule has 1 N–H and O–H groups in total. The van der Waals surface area contributed by atoms with Crippen molar-refractivity contribution in [1.82, 2.24) is 10.2 Å². The number of carbonyl (C=O) groups excluding carboxylic acids is 1. The molecule has 0 bridgehead atoms. The van der Waals surface area contributed by atoms with Gasteiger partial charge in [-0.3, -0.25) is 0 Å². The molecule has 1 unspecified atom stereocenters. The zero-order valence-corrected chi connectivity index (χ0v) is 8.61. The number of carbonyl (C=O) groups is 1. The number of urea groups is 1. The van der Waals surface area contributed by atoms with E-state index in [1.54, 1.807) is 0 Å². The molecule has 2 fully saturated rings. The van der Waals surface area contributed by atoms with Crippen LogP contribution in [0.2, 0.25) is 0 Å². The van der Waals surface area contributed by atoms with E-state index in [9.17, 15) is 4.79 Å². The predicted octanol–water partition coefficient (Wildman–Crippen LogP) is 1.15. The van der Waals surface area contributed by atoms with Gasteiger partial charge in [-0.2, -0.15) is 11.8 Å². The summed E-state index contributed by atoms with van der Waals surface area (Å²) < 4.78 is 0. The van der Waals surface area contributed by atoms with Crippen LogP contribution in [0.1, 0.15) is 12.8 Å². The molecular formula is C9H16N2OS. The van der Waals surface area contributed by atoms with Crippen LogP contribution >= 0.6 is 11.8 Å². The molecule has 0 aromatic rings. The van der Waals surface area contributed by atoms with Gasteiger partial charge < -0.3 is 10.2 Å². The molecule has 0 saturated carbocycles. The molecule has 0 spiro atoms. The third-order valence-electron chi connectivity index (χ3n) is 2.67. The Balaban J connectivity index is 1.81. The third-order valence-corrected chi connectivity index (χ3v) is 3.90. The topological polar surface area (TPSA) is 32.3 Å². The first-order chi connectivity index (χ1) is 6.36. The Hall–Kier alpha value is -0.380. The quantitative estimate of drug-likeness (QED) is 0.725. The molecule has 74 valence electrons. The van der Waals surface area contributed by atoms with Crippen molar-refractivity contribution >= 4 is 17.8 Å². The number of amides is 2. The molecule has 2 saturated heterocycles. The van der Waals surface area contributed by atoms with E-state index in [1.165, 1.54) is 17.9 Å². The second-order valence-electron chi connectivity index (χ2n) is 3.76. The van der Waals surface area contributed by atoms with Crippen LogP contribution in [-0.4, -0.2) is 42.1 Å². The van der Waals surface area contributed by atoms with E-state index in [0.717, 1.165) is 32.0 Å². The minimum Gasteiger partial charge on any atom is -0.338 e. The second-order valence-corrected chi connectivity index (χ2v) is 4.91. The zero-order valence-electron chi connectivity index (χ0n) is 7.79. The fourth-order valence-electron chi connectivity index (χ4n) is 1.89. The van der Waals surface area contributed by atoms with Gasteiger partial charge in [0.05, 0.1) is 0 Å². The van der Waals surface area contributed by atoms with Gasteiger partial charge in [-0.1, -0.05) is 0 Å². The minimum atomic E-state index is 0.142. The molecule has 0 aliphatic carbocycles. The summed E-state index contributed by atoms with van der Waals surface area (Å²) in [6.45, 7) is 2.78.